The predicted octanol–water partition coefficient (Wildman–Crippen LogP) is 1.91. The third-order valence-electron chi connectivity index (χ3n) is 2.83. The zero-order chi connectivity index (χ0) is 13.4. The summed E-state index contributed by atoms with van der Waals surface area (Å²) in [7, 11) is 0. The van der Waals surface area contributed by atoms with Crippen molar-refractivity contribution in [1.29, 1.82) is 0 Å². The van der Waals surface area contributed by atoms with Crippen LogP contribution in [-0.2, 0) is 4.79 Å². The number of fused-ring (bicyclic) bond motifs is 1. The molecule has 0 amide bonds. The van der Waals surface area contributed by atoms with Gasteiger partial charge in [-0.2, -0.15) is 10.1 Å². The van der Waals surface area contributed by atoms with Crippen molar-refractivity contribution in [2.75, 3.05) is 5.32 Å². The summed E-state index contributed by atoms with van der Waals surface area (Å²) >= 11 is 5.97. The minimum absolute atomic E-state index is 0.0745. The number of carboxylic acids is 1. The summed E-state index contributed by atoms with van der Waals surface area (Å²) in [5.41, 5.74) is 0.921. The van der Waals surface area contributed by atoms with Crippen LogP contribution in [0.4, 0.5) is 5.95 Å². The average Bonchev–Trinajstić information content (AvgIpc) is 2.85. The van der Waals surface area contributed by atoms with E-state index in [2.05, 4.69) is 15.4 Å². The van der Waals surface area contributed by atoms with Crippen molar-refractivity contribution in [3.05, 3.63) is 53.0 Å². The van der Waals surface area contributed by atoms with Gasteiger partial charge in [0, 0.05) is 5.02 Å². The molecule has 1 aromatic heterocycles. The van der Waals surface area contributed by atoms with Crippen LogP contribution in [-0.4, -0.2) is 25.8 Å². The molecule has 0 spiro atoms. The molecule has 0 radical (unpaired) electrons. The highest BCUT2D eigenvalue weighted by Crippen LogP contribution is 2.29. The van der Waals surface area contributed by atoms with Crippen LogP contribution in [0.1, 0.15) is 11.6 Å². The summed E-state index contributed by atoms with van der Waals surface area (Å²) in [5.74, 6) is -0.647. The second-order valence-corrected chi connectivity index (χ2v) is 4.47. The summed E-state index contributed by atoms with van der Waals surface area (Å²) in [4.78, 5) is 15.1. The van der Waals surface area contributed by atoms with E-state index in [0.29, 0.717) is 11.0 Å². The van der Waals surface area contributed by atoms with E-state index in [1.807, 2.05) is 12.1 Å². The molecule has 6 nitrogen and oxygen atoms in total. The Morgan fingerprint density at radius 2 is 2.32 bits per heavy atom. The number of carbonyl (C=O) groups is 1. The molecule has 1 aliphatic heterocycles. The first-order valence-electron chi connectivity index (χ1n) is 5.52. The fraction of sp³-hybridized carbons (Fsp3) is 0.0833. The molecule has 0 saturated carbocycles. The normalized spacial score (nSPS) is 17.3. The van der Waals surface area contributed by atoms with Crippen molar-refractivity contribution < 1.29 is 9.90 Å². The smallest absolute Gasteiger partial charge is 0.352 e. The minimum atomic E-state index is -1.04. The van der Waals surface area contributed by atoms with Gasteiger partial charge in [-0.3, -0.25) is 0 Å². The fourth-order valence-corrected chi connectivity index (χ4v) is 2.19. The lowest BCUT2D eigenvalue weighted by Crippen LogP contribution is -2.24. The van der Waals surface area contributed by atoms with Gasteiger partial charge in [0.25, 0.3) is 0 Å². The van der Waals surface area contributed by atoms with E-state index in [4.69, 9.17) is 16.7 Å². The molecule has 1 atom stereocenters. The van der Waals surface area contributed by atoms with E-state index in [-0.39, 0.29) is 11.7 Å². The third kappa shape index (κ3) is 2.06. The Kier molecular flexibility index (Phi) is 2.72. The minimum Gasteiger partial charge on any atom is -0.477 e. The largest absolute Gasteiger partial charge is 0.477 e. The maximum Gasteiger partial charge on any atom is 0.352 e. The zero-order valence-electron chi connectivity index (χ0n) is 9.62. The van der Waals surface area contributed by atoms with E-state index in [0.717, 1.165) is 5.56 Å². The SMILES string of the molecule is O=C(O)C1=CC(c2cccc(Cl)c2)n2ncnc2N1. The van der Waals surface area contributed by atoms with Crippen molar-refractivity contribution in [3.8, 4) is 0 Å². The van der Waals surface area contributed by atoms with Crippen LogP contribution in [0.15, 0.2) is 42.4 Å². The number of aliphatic carboxylic acids is 1. The van der Waals surface area contributed by atoms with Gasteiger partial charge >= 0.3 is 5.97 Å². The van der Waals surface area contributed by atoms with E-state index in [1.54, 1.807) is 22.9 Å². The highest BCUT2D eigenvalue weighted by molar-refractivity contribution is 6.30. The molecule has 7 heteroatoms. The van der Waals surface area contributed by atoms with Crippen LogP contribution >= 0.6 is 11.6 Å². The summed E-state index contributed by atoms with van der Waals surface area (Å²) in [6.45, 7) is 0. The van der Waals surface area contributed by atoms with Crippen molar-refractivity contribution in [2.45, 2.75) is 6.04 Å². The molecule has 0 fully saturated rings. The highest BCUT2D eigenvalue weighted by Gasteiger charge is 2.25. The molecule has 0 bridgehead atoms. The number of anilines is 1. The quantitative estimate of drug-likeness (QED) is 0.876. The Labute approximate surface area is 113 Å². The Morgan fingerprint density at radius 1 is 1.47 bits per heavy atom. The van der Waals surface area contributed by atoms with E-state index < -0.39 is 5.97 Å². The second-order valence-electron chi connectivity index (χ2n) is 4.04. The summed E-state index contributed by atoms with van der Waals surface area (Å²) < 4.78 is 1.61. The Morgan fingerprint density at radius 3 is 3.05 bits per heavy atom. The summed E-state index contributed by atoms with van der Waals surface area (Å²) in [6.07, 6.45) is 2.95. The van der Waals surface area contributed by atoms with Gasteiger partial charge < -0.3 is 10.4 Å². The molecule has 2 N–H and O–H groups in total. The lowest BCUT2D eigenvalue weighted by atomic mass is 10.0. The molecular weight excluding hydrogens is 268 g/mol. The average molecular weight is 277 g/mol. The number of nitrogens with one attached hydrogen (secondary N) is 1. The van der Waals surface area contributed by atoms with Crippen LogP contribution in [0.2, 0.25) is 5.02 Å². The van der Waals surface area contributed by atoms with E-state index in [9.17, 15) is 4.79 Å². The van der Waals surface area contributed by atoms with Gasteiger partial charge in [0.15, 0.2) is 0 Å². The van der Waals surface area contributed by atoms with Gasteiger partial charge in [0.2, 0.25) is 5.95 Å². The number of rotatable bonds is 2. The molecule has 1 aliphatic rings. The maximum atomic E-state index is 11.1. The molecule has 19 heavy (non-hydrogen) atoms. The van der Waals surface area contributed by atoms with Crippen LogP contribution in [0.5, 0.6) is 0 Å². The number of allylic oxidation sites excluding steroid dienone is 1. The molecule has 2 heterocycles. The predicted molar refractivity (Wildman–Crippen MR) is 69.0 cm³/mol. The van der Waals surface area contributed by atoms with Crippen LogP contribution in [0.3, 0.4) is 0 Å². The third-order valence-corrected chi connectivity index (χ3v) is 3.06. The number of hydrogen-bond acceptors (Lipinski definition) is 4. The van der Waals surface area contributed by atoms with Gasteiger partial charge in [-0.05, 0) is 23.8 Å². The number of halogens is 1. The van der Waals surface area contributed by atoms with Gasteiger partial charge in [0.05, 0.1) is 0 Å². The number of benzene rings is 1. The lowest BCUT2D eigenvalue weighted by molar-refractivity contribution is -0.132. The lowest BCUT2D eigenvalue weighted by Gasteiger charge is -2.22. The molecule has 3 rings (SSSR count). The van der Waals surface area contributed by atoms with Crippen LogP contribution < -0.4 is 5.32 Å². The molecule has 0 aliphatic carbocycles. The first kappa shape index (κ1) is 11.7. The van der Waals surface area contributed by atoms with Gasteiger partial charge in [-0.25, -0.2) is 9.48 Å². The topological polar surface area (TPSA) is 80.0 Å². The molecular formula is C12H9ClN4O2. The van der Waals surface area contributed by atoms with Gasteiger partial charge in [-0.15, -0.1) is 0 Å². The van der Waals surface area contributed by atoms with E-state index >= 15 is 0 Å². The van der Waals surface area contributed by atoms with Crippen molar-refractivity contribution in [3.63, 3.8) is 0 Å². The van der Waals surface area contributed by atoms with Crippen LogP contribution in [0.25, 0.3) is 0 Å². The van der Waals surface area contributed by atoms with Gasteiger partial charge in [-0.1, -0.05) is 23.7 Å². The molecule has 96 valence electrons. The molecule has 2 aromatic rings. The van der Waals surface area contributed by atoms with Crippen molar-refractivity contribution in [2.24, 2.45) is 0 Å². The molecule has 1 aromatic carbocycles. The maximum absolute atomic E-state index is 11.1. The second kappa shape index (κ2) is 4.40. The number of nitrogens with zero attached hydrogens (tertiary/aromatic N) is 3. The summed E-state index contributed by atoms with van der Waals surface area (Å²) in [5, 5.41) is 16.5. The standard InChI is InChI=1S/C12H9ClN4O2/c13-8-3-1-2-7(4-8)10-5-9(11(18)19)16-12-14-6-15-17(10)12/h1-6,10H,(H,18,19)(H,14,15,16). The Balaban J connectivity index is 2.11. The zero-order valence-corrected chi connectivity index (χ0v) is 10.4. The number of carboxylic acid groups (broad SMARTS) is 1. The summed E-state index contributed by atoms with van der Waals surface area (Å²) in [6, 6.07) is 6.87. The number of aromatic nitrogens is 3. The van der Waals surface area contributed by atoms with Crippen molar-refractivity contribution in [1.82, 2.24) is 14.8 Å². The highest BCUT2D eigenvalue weighted by atomic mass is 35.5. The molecule has 0 saturated heterocycles. The molecule has 1 unspecified atom stereocenters. The van der Waals surface area contributed by atoms with Gasteiger partial charge in [0.1, 0.15) is 18.1 Å². The van der Waals surface area contributed by atoms with E-state index in [1.165, 1.54) is 6.33 Å². The Bertz CT molecular complexity index is 680. The van der Waals surface area contributed by atoms with Crippen LogP contribution in [0, 0.1) is 0 Å². The van der Waals surface area contributed by atoms with Crippen molar-refractivity contribution >= 4 is 23.5 Å². The first-order valence-corrected chi connectivity index (χ1v) is 5.90. The first-order chi connectivity index (χ1) is 9.15. The monoisotopic (exact) mass is 276 g/mol. The fourth-order valence-electron chi connectivity index (χ4n) is 1.99. The Hall–Kier alpha value is -2.34. The number of hydrogen-bond donors (Lipinski definition) is 2.